The molecule has 3 heteroatoms. The van der Waals surface area contributed by atoms with E-state index in [0.29, 0.717) is 5.88 Å². The second kappa shape index (κ2) is 3.74. The summed E-state index contributed by atoms with van der Waals surface area (Å²) in [5.41, 5.74) is 1.91. The lowest BCUT2D eigenvalue weighted by Gasteiger charge is -2.19. The first-order valence-electron chi connectivity index (χ1n) is 5.32. The monoisotopic (exact) mass is 216 g/mol. The third-order valence-corrected chi connectivity index (χ3v) is 2.50. The summed E-state index contributed by atoms with van der Waals surface area (Å²) in [5.74, 6) is 0.631. The first kappa shape index (κ1) is 10.9. The van der Waals surface area contributed by atoms with E-state index in [9.17, 15) is 0 Å². The molecule has 0 aliphatic heterocycles. The van der Waals surface area contributed by atoms with Crippen LogP contribution >= 0.6 is 0 Å². The summed E-state index contributed by atoms with van der Waals surface area (Å²) in [4.78, 5) is 8.91. The van der Waals surface area contributed by atoms with E-state index < -0.39 is 0 Å². The van der Waals surface area contributed by atoms with Gasteiger partial charge in [-0.3, -0.25) is 4.98 Å². The highest BCUT2D eigenvalue weighted by atomic mass is 16.5. The van der Waals surface area contributed by atoms with Crippen LogP contribution in [-0.4, -0.2) is 17.1 Å². The van der Waals surface area contributed by atoms with Crippen molar-refractivity contribution in [1.29, 1.82) is 0 Å². The molecule has 0 fully saturated rings. The number of hydrogen-bond donors (Lipinski definition) is 0. The highest BCUT2D eigenvalue weighted by Gasteiger charge is 2.19. The van der Waals surface area contributed by atoms with E-state index in [1.54, 1.807) is 7.11 Å². The van der Waals surface area contributed by atoms with Crippen molar-refractivity contribution in [2.45, 2.75) is 26.2 Å². The van der Waals surface area contributed by atoms with Gasteiger partial charge in [0.15, 0.2) is 0 Å². The Morgan fingerprint density at radius 1 is 1.12 bits per heavy atom. The van der Waals surface area contributed by atoms with Crippen LogP contribution in [0.3, 0.4) is 0 Å². The molecular formula is C13H16N2O. The molecule has 84 valence electrons. The van der Waals surface area contributed by atoms with Crippen molar-refractivity contribution in [2.24, 2.45) is 0 Å². The molecule has 0 unspecified atom stereocenters. The van der Waals surface area contributed by atoms with E-state index in [0.717, 1.165) is 16.6 Å². The Morgan fingerprint density at radius 2 is 1.88 bits per heavy atom. The molecule has 0 aliphatic rings. The van der Waals surface area contributed by atoms with Crippen LogP contribution in [0.25, 0.3) is 10.9 Å². The molecule has 0 bridgehead atoms. The Labute approximate surface area is 95.5 Å². The van der Waals surface area contributed by atoms with Crippen LogP contribution in [-0.2, 0) is 5.41 Å². The van der Waals surface area contributed by atoms with Gasteiger partial charge in [0, 0.05) is 23.1 Å². The van der Waals surface area contributed by atoms with Gasteiger partial charge in [0.05, 0.1) is 18.3 Å². The third-order valence-electron chi connectivity index (χ3n) is 2.50. The van der Waals surface area contributed by atoms with E-state index in [-0.39, 0.29) is 5.41 Å². The van der Waals surface area contributed by atoms with Crippen molar-refractivity contribution < 1.29 is 4.74 Å². The normalized spacial score (nSPS) is 11.8. The first-order valence-corrected chi connectivity index (χ1v) is 5.32. The molecule has 0 N–H and O–H groups in total. The molecule has 2 heterocycles. The molecule has 2 rings (SSSR count). The third kappa shape index (κ3) is 1.85. The minimum absolute atomic E-state index is 0.0150. The molecular weight excluding hydrogens is 200 g/mol. The lowest BCUT2D eigenvalue weighted by molar-refractivity contribution is 0.399. The molecule has 3 nitrogen and oxygen atoms in total. The van der Waals surface area contributed by atoms with Crippen LogP contribution < -0.4 is 4.74 Å². The van der Waals surface area contributed by atoms with Gasteiger partial charge in [0.2, 0.25) is 5.88 Å². The fourth-order valence-corrected chi connectivity index (χ4v) is 1.69. The molecule has 16 heavy (non-hydrogen) atoms. The Balaban J connectivity index is 2.74. The van der Waals surface area contributed by atoms with E-state index in [4.69, 9.17) is 4.74 Å². The van der Waals surface area contributed by atoms with Crippen molar-refractivity contribution in [3.05, 3.63) is 30.1 Å². The lowest BCUT2D eigenvalue weighted by atomic mass is 9.90. The zero-order chi connectivity index (χ0) is 11.8. The number of pyridine rings is 2. The summed E-state index contributed by atoms with van der Waals surface area (Å²) in [6.45, 7) is 6.40. The smallest absolute Gasteiger partial charge is 0.213 e. The van der Waals surface area contributed by atoms with Gasteiger partial charge in [0.25, 0.3) is 0 Å². The summed E-state index contributed by atoms with van der Waals surface area (Å²) in [6, 6.07) is 5.85. The maximum absolute atomic E-state index is 5.15. The van der Waals surface area contributed by atoms with E-state index in [1.807, 2.05) is 24.4 Å². The second-order valence-corrected chi connectivity index (χ2v) is 4.83. The topological polar surface area (TPSA) is 35.0 Å². The van der Waals surface area contributed by atoms with Gasteiger partial charge in [-0.15, -0.1) is 0 Å². The van der Waals surface area contributed by atoms with Gasteiger partial charge in [0.1, 0.15) is 0 Å². The molecule has 0 spiro atoms. The fourth-order valence-electron chi connectivity index (χ4n) is 1.69. The van der Waals surface area contributed by atoms with Crippen LogP contribution in [0.4, 0.5) is 0 Å². The minimum Gasteiger partial charge on any atom is -0.481 e. The minimum atomic E-state index is -0.0150. The number of aromatic nitrogens is 2. The van der Waals surface area contributed by atoms with Crippen LogP contribution in [0.2, 0.25) is 0 Å². The summed E-state index contributed by atoms with van der Waals surface area (Å²) in [6.07, 6.45) is 1.83. The lowest BCUT2D eigenvalue weighted by Crippen LogP contribution is -2.14. The molecule has 0 atom stereocenters. The predicted octanol–water partition coefficient (Wildman–Crippen LogP) is 2.94. The van der Waals surface area contributed by atoms with Gasteiger partial charge in [-0.2, -0.15) is 0 Å². The van der Waals surface area contributed by atoms with Crippen LogP contribution in [0, 0.1) is 0 Å². The zero-order valence-corrected chi connectivity index (χ0v) is 10.1. The number of nitrogens with zero attached hydrogens (tertiary/aromatic N) is 2. The molecule has 2 aromatic rings. The number of hydrogen-bond acceptors (Lipinski definition) is 3. The Hall–Kier alpha value is -1.64. The van der Waals surface area contributed by atoms with Gasteiger partial charge in [-0.05, 0) is 12.1 Å². The first-order chi connectivity index (χ1) is 7.52. The van der Waals surface area contributed by atoms with E-state index >= 15 is 0 Å². The van der Waals surface area contributed by atoms with Crippen LogP contribution in [0.15, 0.2) is 24.4 Å². The average Bonchev–Trinajstić information content (AvgIpc) is 2.26. The number of fused-ring (bicyclic) bond motifs is 1. The summed E-state index contributed by atoms with van der Waals surface area (Å²) in [5, 5.41) is 1.10. The number of ether oxygens (including phenoxy) is 1. The fraction of sp³-hybridized carbons (Fsp3) is 0.385. The van der Waals surface area contributed by atoms with Gasteiger partial charge < -0.3 is 4.74 Å². The quantitative estimate of drug-likeness (QED) is 0.735. The Bertz CT molecular complexity index is 515. The van der Waals surface area contributed by atoms with Crippen molar-refractivity contribution >= 4 is 10.9 Å². The van der Waals surface area contributed by atoms with Gasteiger partial charge in [-0.1, -0.05) is 20.8 Å². The SMILES string of the molecule is COc1ccc2ccnc(C(C)(C)C)c2n1. The van der Waals surface area contributed by atoms with Crippen molar-refractivity contribution in [3.8, 4) is 5.88 Å². The summed E-state index contributed by atoms with van der Waals surface area (Å²) < 4.78 is 5.15. The maximum atomic E-state index is 5.15. The van der Waals surface area contributed by atoms with Crippen molar-refractivity contribution in [2.75, 3.05) is 7.11 Å². The molecule has 0 saturated carbocycles. The Kier molecular flexibility index (Phi) is 2.54. The largest absolute Gasteiger partial charge is 0.481 e. The summed E-state index contributed by atoms with van der Waals surface area (Å²) in [7, 11) is 1.63. The number of rotatable bonds is 1. The van der Waals surface area contributed by atoms with Crippen LogP contribution in [0.1, 0.15) is 26.5 Å². The van der Waals surface area contributed by atoms with Crippen molar-refractivity contribution in [1.82, 2.24) is 9.97 Å². The van der Waals surface area contributed by atoms with E-state index in [2.05, 4.69) is 30.7 Å². The summed E-state index contributed by atoms with van der Waals surface area (Å²) >= 11 is 0. The van der Waals surface area contributed by atoms with Gasteiger partial charge in [-0.25, -0.2) is 4.98 Å². The van der Waals surface area contributed by atoms with Crippen molar-refractivity contribution in [3.63, 3.8) is 0 Å². The highest BCUT2D eigenvalue weighted by molar-refractivity contribution is 5.81. The van der Waals surface area contributed by atoms with E-state index in [1.165, 1.54) is 0 Å². The number of methoxy groups -OCH3 is 1. The molecule has 0 aromatic carbocycles. The molecule has 2 aromatic heterocycles. The Morgan fingerprint density at radius 3 is 2.50 bits per heavy atom. The standard InChI is InChI=1S/C13H16N2O/c1-13(2,3)12-11-9(7-8-14-12)5-6-10(15-11)16-4/h5-8H,1-4H3. The molecule has 0 aliphatic carbocycles. The van der Waals surface area contributed by atoms with Gasteiger partial charge >= 0.3 is 0 Å². The second-order valence-electron chi connectivity index (χ2n) is 4.83. The molecule has 0 radical (unpaired) electrons. The highest BCUT2D eigenvalue weighted by Crippen LogP contribution is 2.27. The van der Waals surface area contributed by atoms with Crippen LogP contribution in [0.5, 0.6) is 5.88 Å². The molecule has 0 amide bonds. The predicted molar refractivity (Wildman–Crippen MR) is 64.8 cm³/mol. The maximum Gasteiger partial charge on any atom is 0.213 e. The molecule has 0 saturated heterocycles. The average molecular weight is 216 g/mol. The zero-order valence-electron chi connectivity index (χ0n) is 10.1.